The molecule has 1 saturated heterocycles. The minimum absolute atomic E-state index is 0.262. The van der Waals surface area contributed by atoms with Gasteiger partial charge in [0.1, 0.15) is 5.75 Å². The third-order valence-corrected chi connectivity index (χ3v) is 3.91. The first-order valence-corrected chi connectivity index (χ1v) is 7.33. The predicted molar refractivity (Wildman–Crippen MR) is 72.0 cm³/mol. The third kappa shape index (κ3) is 4.86. The van der Waals surface area contributed by atoms with Crippen molar-refractivity contribution in [2.24, 2.45) is 0 Å². The molecule has 0 spiro atoms. The monoisotopic (exact) mass is 291 g/mol. The molecule has 2 nitrogen and oxygen atoms in total. The molecule has 0 unspecified atom stereocenters. The van der Waals surface area contributed by atoms with Gasteiger partial charge in [-0.05, 0) is 36.5 Å². The highest BCUT2D eigenvalue weighted by Gasteiger charge is 2.29. The molecule has 0 aliphatic carbocycles. The molecule has 1 aromatic carbocycles. The topological polar surface area (TPSA) is 21.3 Å². The van der Waals surface area contributed by atoms with Crippen LogP contribution in [-0.2, 0) is 0 Å². The van der Waals surface area contributed by atoms with Gasteiger partial charge in [0.25, 0.3) is 0 Å². The van der Waals surface area contributed by atoms with Crippen LogP contribution in [0.25, 0.3) is 0 Å². The molecule has 0 radical (unpaired) electrons. The Kier molecular flexibility index (Phi) is 4.85. The van der Waals surface area contributed by atoms with E-state index in [-0.39, 0.29) is 5.75 Å². The number of para-hydroxylation sites is 2. The maximum atomic E-state index is 12.2. The summed E-state index contributed by atoms with van der Waals surface area (Å²) in [5.74, 6) is 2.44. The second-order valence-corrected chi connectivity index (χ2v) is 5.66. The van der Waals surface area contributed by atoms with E-state index in [1.165, 1.54) is 0 Å². The van der Waals surface area contributed by atoms with Crippen molar-refractivity contribution in [3.05, 3.63) is 24.3 Å². The molecule has 0 amide bonds. The van der Waals surface area contributed by atoms with Gasteiger partial charge in [0.2, 0.25) is 0 Å². The average molecular weight is 291 g/mol. The van der Waals surface area contributed by atoms with Gasteiger partial charge in [-0.1, -0.05) is 12.1 Å². The van der Waals surface area contributed by atoms with Gasteiger partial charge in [0.05, 0.1) is 5.69 Å². The van der Waals surface area contributed by atoms with Gasteiger partial charge in [0, 0.05) is 6.04 Å². The van der Waals surface area contributed by atoms with Gasteiger partial charge in [-0.3, -0.25) is 0 Å². The van der Waals surface area contributed by atoms with Crippen molar-refractivity contribution in [1.29, 1.82) is 0 Å². The molecule has 6 heteroatoms. The molecule has 0 bridgehead atoms. The van der Waals surface area contributed by atoms with Crippen LogP contribution in [0.4, 0.5) is 18.9 Å². The molecule has 0 saturated carbocycles. The van der Waals surface area contributed by atoms with Gasteiger partial charge in [-0.25, -0.2) is 0 Å². The Morgan fingerprint density at radius 2 is 1.89 bits per heavy atom. The van der Waals surface area contributed by atoms with E-state index in [9.17, 15) is 13.2 Å². The molecule has 0 atom stereocenters. The normalized spacial score (nSPS) is 17.2. The lowest BCUT2D eigenvalue weighted by atomic mass is 10.1. The lowest BCUT2D eigenvalue weighted by Crippen LogP contribution is -2.25. The molecular formula is C13H16F3NOS. The maximum absolute atomic E-state index is 12.2. The van der Waals surface area contributed by atoms with Crippen molar-refractivity contribution in [1.82, 2.24) is 0 Å². The van der Waals surface area contributed by atoms with Gasteiger partial charge in [-0.2, -0.15) is 24.9 Å². The summed E-state index contributed by atoms with van der Waals surface area (Å²) in [5, 5.41) is 3.28. The standard InChI is InChI=1S/C13H16F3NOS/c14-13(15,16)9-18-12-4-2-1-3-11(12)17-10-5-7-19-8-6-10/h1-4,10,17H,5-9H2. The lowest BCUT2D eigenvalue weighted by Gasteiger charge is -2.25. The van der Waals surface area contributed by atoms with E-state index in [0.717, 1.165) is 24.3 Å². The molecule has 1 heterocycles. The Labute approximate surface area is 114 Å². The van der Waals surface area contributed by atoms with Gasteiger partial charge in [-0.15, -0.1) is 0 Å². The second-order valence-electron chi connectivity index (χ2n) is 4.43. The van der Waals surface area contributed by atoms with Crippen molar-refractivity contribution in [3.63, 3.8) is 0 Å². The molecule has 0 aromatic heterocycles. The molecule has 1 fully saturated rings. The number of anilines is 1. The highest BCUT2D eigenvalue weighted by atomic mass is 32.2. The zero-order chi connectivity index (χ0) is 13.7. The first-order valence-electron chi connectivity index (χ1n) is 6.17. The molecule has 1 aliphatic heterocycles. The van der Waals surface area contributed by atoms with Crippen molar-refractivity contribution in [2.45, 2.75) is 25.1 Å². The highest BCUT2D eigenvalue weighted by Crippen LogP contribution is 2.29. The number of benzene rings is 1. The smallest absolute Gasteiger partial charge is 0.422 e. The fourth-order valence-corrected chi connectivity index (χ4v) is 3.04. The number of hydrogen-bond donors (Lipinski definition) is 1. The summed E-state index contributed by atoms with van der Waals surface area (Å²) in [6.45, 7) is -1.26. The second kappa shape index (κ2) is 6.41. The molecule has 106 valence electrons. The predicted octanol–water partition coefficient (Wildman–Crippen LogP) is 3.94. The summed E-state index contributed by atoms with van der Waals surface area (Å²) >= 11 is 1.91. The van der Waals surface area contributed by atoms with Crippen molar-refractivity contribution < 1.29 is 17.9 Å². The summed E-state index contributed by atoms with van der Waals surface area (Å²) in [5.41, 5.74) is 0.642. The summed E-state index contributed by atoms with van der Waals surface area (Å²) in [4.78, 5) is 0. The minimum atomic E-state index is -4.31. The Morgan fingerprint density at radius 1 is 1.21 bits per heavy atom. The number of halogens is 3. The van der Waals surface area contributed by atoms with E-state index in [0.29, 0.717) is 11.7 Å². The fraction of sp³-hybridized carbons (Fsp3) is 0.538. The van der Waals surface area contributed by atoms with E-state index < -0.39 is 12.8 Å². The Morgan fingerprint density at radius 3 is 2.58 bits per heavy atom. The van der Waals surface area contributed by atoms with Gasteiger partial charge >= 0.3 is 6.18 Å². The van der Waals surface area contributed by atoms with Crippen LogP contribution < -0.4 is 10.1 Å². The summed E-state index contributed by atoms with van der Waals surface area (Å²) < 4.78 is 41.4. The minimum Gasteiger partial charge on any atom is -0.482 e. The van der Waals surface area contributed by atoms with Crippen LogP contribution in [0, 0.1) is 0 Å². The number of alkyl halides is 3. The van der Waals surface area contributed by atoms with Crippen LogP contribution in [0.3, 0.4) is 0 Å². The van der Waals surface area contributed by atoms with Crippen LogP contribution in [-0.4, -0.2) is 30.3 Å². The van der Waals surface area contributed by atoms with E-state index in [1.54, 1.807) is 24.3 Å². The molecule has 19 heavy (non-hydrogen) atoms. The van der Waals surface area contributed by atoms with E-state index in [1.807, 2.05) is 11.8 Å². The zero-order valence-electron chi connectivity index (χ0n) is 10.4. The Balaban J connectivity index is 1.99. The quantitative estimate of drug-likeness (QED) is 0.908. The number of rotatable bonds is 4. The molecule has 1 aliphatic rings. The first-order chi connectivity index (χ1) is 9.04. The lowest BCUT2D eigenvalue weighted by molar-refractivity contribution is -0.153. The fourth-order valence-electron chi connectivity index (χ4n) is 1.93. The molecular weight excluding hydrogens is 275 g/mol. The zero-order valence-corrected chi connectivity index (χ0v) is 11.2. The summed E-state index contributed by atoms with van der Waals surface area (Å²) in [6.07, 6.45) is -2.26. The van der Waals surface area contributed by atoms with Crippen LogP contribution in [0.5, 0.6) is 5.75 Å². The Hall–Kier alpha value is -1.04. The highest BCUT2D eigenvalue weighted by molar-refractivity contribution is 7.99. The van der Waals surface area contributed by atoms with Gasteiger partial charge in [0.15, 0.2) is 6.61 Å². The summed E-state index contributed by atoms with van der Waals surface area (Å²) in [7, 11) is 0. The molecule has 2 rings (SSSR count). The van der Waals surface area contributed by atoms with Crippen molar-refractivity contribution >= 4 is 17.4 Å². The van der Waals surface area contributed by atoms with E-state index >= 15 is 0 Å². The number of hydrogen-bond acceptors (Lipinski definition) is 3. The van der Waals surface area contributed by atoms with Crippen molar-refractivity contribution in [3.8, 4) is 5.75 Å². The average Bonchev–Trinajstić information content (AvgIpc) is 2.38. The van der Waals surface area contributed by atoms with Gasteiger partial charge < -0.3 is 10.1 Å². The number of thioether (sulfide) groups is 1. The Bertz CT molecular complexity index is 405. The maximum Gasteiger partial charge on any atom is 0.422 e. The van der Waals surface area contributed by atoms with Crippen LogP contribution in [0.15, 0.2) is 24.3 Å². The molecule has 1 aromatic rings. The largest absolute Gasteiger partial charge is 0.482 e. The van der Waals surface area contributed by atoms with E-state index in [4.69, 9.17) is 4.74 Å². The van der Waals surface area contributed by atoms with Crippen molar-refractivity contribution in [2.75, 3.05) is 23.4 Å². The SMILES string of the molecule is FC(F)(F)COc1ccccc1NC1CCSCC1. The first kappa shape index (κ1) is 14.4. The van der Waals surface area contributed by atoms with Crippen LogP contribution in [0.2, 0.25) is 0 Å². The van der Waals surface area contributed by atoms with Crippen LogP contribution in [0.1, 0.15) is 12.8 Å². The molecule has 1 N–H and O–H groups in total. The summed E-state index contributed by atoms with van der Waals surface area (Å²) in [6, 6.07) is 7.10. The van der Waals surface area contributed by atoms with E-state index in [2.05, 4.69) is 5.32 Å². The number of nitrogens with one attached hydrogen (secondary N) is 1. The van der Waals surface area contributed by atoms with Crippen LogP contribution >= 0.6 is 11.8 Å². The third-order valence-electron chi connectivity index (χ3n) is 2.86. The number of ether oxygens (including phenoxy) is 1.